The van der Waals surface area contributed by atoms with Crippen molar-refractivity contribution in [3.05, 3.63) is 82.2 Å². The number of nitro benzene ring substituents is 1. The number of carbonyl (C=O) groups excluding carboxylic acids is 1. The molecule has 9 nitrogen and oxygen atoms in total. The molecule has 0 bridgehead atoms. The highest BCUT2D eigenvalue weighted by atomic mass is 16.6. The molecule has 0 spiro atoms. The van der Waals surface area contributed by atoms with Gasteiger partial charge >= 0.3 is 0 Å². The Morgan fingerprint density at radius 1 is 1.14 bits per heavy atom. The van der Waals surface area contributed by atoms with Gasteiger partial charge in [0.05, 0.1) is 36.6 Å². The quantitative estimate of drug-likeness (QED) is 0.376. The molecule has 1 heterocycles. The number of methoxy groups -OCH3 is 2. The Labute approximate surface area is 166 Å². The van der Waals surface area contributed by atoms with E-state index in [1.165, 1.54) is 32.6 Å². The largest absolute Gasteiger partial charge is 0.497 e. The van der Waals surface area contributed by atoms with Crippen LogP contribution < -0.4 is 14.9 Å². The van der Waals surface area contributed by atoms with Gasteiger partial charge in [0.15, 0.2) is 0 Å². The number of benzene rings is 2. The molecule has 1 amide bonds. The van der Waals surface area contributed by atoms with Gasteiger partial charge in [0.2, 0.25) is 0 Å². The SMILES string of the molecule is COc1ccc(C(=O)N/N=C\c2cccn2-c2ccc([N+](=O)[O-])cc2)c(OC)c1. The summed E-state index contributed by atoms with van der Waals surface area (Å²) in [5, 5.41) is 14.8. The number of non-ortho nitro benzene ring substituents is 1. The molecule has 29 heavy (non-hydrogen) atoms. The van der Waals surface area contributed by atoms with Crippen LogP contribution in [0.4, 0.5) is 5.69 Å². The molecule has 0 saturated heterocycles. The van der Waals surface area contributed by atoms with E-state index in [0.29, 0.717) is 22.8 Å². The van der Waals surface area contributed by atoms with E-state index < -0.39 is 10.8 Å². The van der Waals surface area contributed by atoms with Gasteiger partial charge in [-0.1, -0.05) is 0 Å². The number of nitrogens with one attached hydrogen (secondary N) is 1. The monoisotopic (exact) mass is 394 g/mol. The zero-order valence-corrected chi connectivity index (χ0v) is 15.7. The standard InChI is InChI=1S/C20H18N4O5/c1-28-17-9-10-18(19(12-17)29-2)20(25)22-21-13-16-4-3-11-23(16)14-5-7-15(8-6-14)24(26)27/h3-13H,1-2H3,(H,22,25)/b21-13-. The van der Waals surface area contributed by atoms with Crippen LogP contribution in [0.2, 0.25) is 0 Å². The van der Waals surface area contributed by atoms with Gasteiger partial charge in [-0.2, -0.15) is 5.10 Å². The topological polar surface area (TPSA) is 108 Å². The van der Waals surface area contributed by atoms with E-state index >= 15 is 0 Å². The van der Waals surface area contributed by atoms with E-state index in [2.05, 4.69) is 10.5 Å². The Morgan fingerprint density at radius 3 is 2.55 bits per heavy atom. The molecule has 0 unspecified atom stereocenters. The van der Waals surface area contributed by atoms with Gasteiger partial charge in [-0.15, -0.1) is 0 Å². The average molecular weight is 394 g/mol. The van der Waals surface area contributed by atoms with E-state index in [-0.39, 0.29) is 5.69 Å². The molecule has 1 aromatic heterocycles. The van der Waals surface area contributed by atoms with Crippen LogP contribution in [0, 0.1) is 10.1 Å². The first-order valence-electron chi connectivity index (χ1n) is 8.51. The van der Waals surface area contributed by atoms with Crippen LogP contribution in [0.25, 0.3) is 5.69 Å². The fourth-order valence-electron chi connectivity index (χ4n) is 2.67. The number of ether oxygens (including phenoxy) is 2. The number of hydrazone groups is 1. The van der Waals surface area contributed by atoms with Crippen molar-refractivity contribution in [3.63, 3.8) is 0 Å². The number of nitro groups is 1. The summed E-state index contributed by atoms with van der Waals surface area (Å²) in [4.78, 5) is 22.7. The second kappa shape index (κ2) is 8.70. The van der Waals surface area contributed by atoms with Crippen molar-refractivity contribution in [1.82, 2.24) is 9.99 Å². The molecule has 0 radical (unpaired) electrons. The molecule has 3 rings (SSSR count). The van der Waals surface area contributed by atoms with Crippen LogP contribution in [0.3, 0.4) is 0 Å². The summed E-state index contributed by atoms with van der Waals surface area (Å²) in [5.74, 6) is 0.503. The average Bonchev–Trinajstić information content (AvgIpc) is 3.21. The van der Waals surface area contributed by atoms with Crippen molar-refractivity contribution in [3.8, 4) is 17.2 Å². The van der Waals surface area contributed by atoms with E-state index in [4.69, 9.17) is 9.47 Å². The normalized spacial score (nSPS) is 10.7. The van der Waals surface area contributed by atoms with Gasteiger partial charge in [0.1, 0.15) is 11.5 Å². The molecular formula is C20H18N4O5. The Balaban J connectivity index is 1.74. The predicted octanol–water partition coefficient (Wildman–Crippen LogP) is 3.17. The Hall–Kier alpha value is -4.14. The molecule has 3 aromatic rings. The summed E-state index contributed by atoms with van der Waals surface area (Å²) in [6, 6.07) is 14.6. The Kier molecular flexibility index (Phi) is 5.88. The molecule has 2 aromatic carbocycles. The first-order chi connectivity index (χ1) is 14.0. The molecule has 0 aliphatic rings. The number of rotatable bonds is 7. The summed E-state index contributed by atoms with van der Waals surface area (Å²) >= 11 is 0. The third-order valence-corrected chi connectivity index (χ3v) is 4.14. The number of carbonyl (C=O) groups is 1. The first kappa shape index (κ1) is 19.6. The highest BCUT2D eigenvalue weighted by molar-refractivity contribution is 5.97. The fourth-order valence-corrected chi connectivity index (χ4v) is 2.67. The molecule has 148 valence electrons. The van der Waals surface area contributed by atoms with Crippen molar-refractivity contribution < 1.29 is 19.2 Å². The van der Waals surface area contributed by atoms with Crippen molar-refractivity contribution in [1.29, 1.82) is 0 Å². The van der Waals surface area contributed by atoms with Gasteiger partial charge in [-0.05, 0) is 36.4 Å². The van der Waals surface area contributed by atoms with Crippen LogP contribution in [0.15, 0.2) is 65.9 Å². The molecule has 0 aliphatic heterocycles. The molecule has 1 N–H and O–H groups in total. The van der Waals surface area contributed by atoms with Crippen LogP contribution in [0.1, 0.15) is 16.1 Å². The lowest BCUT2D eigenvalue weighted by Gasteiger charge is -2.09. The predicted molar refractivity (Wildman–Crippen MR) is 107 cm³/mol. The number of hydrogen-bond acceptors (Lipinski definition) is 6. The maximum atomic E-state index is 12.4. The van der Waals surface area contributed by atoms with Gasteiger partial charge in [-0.3, -0.25) is 14.9 Å². The molecule has 0 aliphatic carbocycles. The highest BCUT2D eigenvalue weighted by Crippen LogP contribution is 2.24. The highest BCUT2D eigenvalue weighted by Gasteiger charge is 2.13. The van der Waals surface area contributed by atoms with Crippen LogP contribution >= 0.6 is 0 Å². The number of amides is 1. The van der Waals surface area contributed by atoms with Crippen LogP contribution in [0.5, 0.6) is 11.5 Å². The van der Waals surface area contributed by atoms with Gasteiger partial charge in [-0.25, -0.2) is 5.43 Å². The second-order valence-electron chi connectivity index (χ2n) is 5.84. The van der Waals surface area contributed by atoms with E-state index in [0.717, 1.165) is 5.69 Å². The lowest BCUT2D eigenvalue weighted by molar-refractivity contribution is -0.384. The van der Waals surface area contributed by atoms with Crippen molar-refractivity contribution in [2.75, 3.05) is 14.2 Å². The van der Waals surface area contributed by atoms with E-state index in [1.807, 2.05) is 0 Å². The summed E-state index contributed by atoms with van der Waals surface area (Å²) in [6.07, 6.45) is 3.27. The zero-order valence-electron chi connectivity index (χ0n) is 15.7. The van der Waals surface area contributed by atoms with Gasteiger partial charge < -0.3 is 14.0 Å². The summed E-state index contributed by atoms with van der Waals surface area (Å²) < 4.78 is 12.1. The summed E-state index contributed by atoms with van der Waals surface area (Å²) in [6.45, 7) is 0. The van der Waals surface area contributed by atoms with Crippen LogP contribution in [-0.4, -0.2) is 35.8 Å². The van der Waals surface area contributed by atoms with Crippen molar-refractivity contribution in [2.24, 2.45) is 5.10 Å². The van der Waals surface area contributed by atoms with E-state index in [9.17, 15) is 14.9 Å². The smallest absolute Gasteiger partial charge is 0.275 e. The molecular weight excluding hydrogens is 376 g/mol. The molecule has 9 heteroatoms. The third kappa shape index (κ3) is 4.41. The fraction of sp³-hybridized carbons (Fsp3) is 0.100. The molecule has 0 saturated carbocycles. The zero-order chi connectivity index (χ0) is 20.8. The number of hydrogen-bond donors (Lipinski definition) is 1. The number of nitrogens with zero attached hydrogens (tertiary/aromatic N) is 3. The minimum Gasteiger partial charge on any atom is -0.497 e. The maximum Gasteiger partial charge on any atom is 0.275 e. The second-order valence-corrected chi connectivity index (χ2v) is 5.84. The minimum absolute atomic E-state index is 0.0109. The Morgan fingerprint density at radius 2 is 1.90 bits per heavy atom. The van der Waals surface area contributed by atoms with Crippen molar-refractivity contribution >= 4 is 17.8 Å². The van der Waals surface area contributed by atoms with Crippen molar-refractivity contribution in [2.45, 2.75) is 0 Å². The van der Waals surface area contributed by atoms with Gasteiger partial charge in [0, 0.05) is 30.1 Å². The lowest BCUT2D eigenvalue weighted by atomic mass is 10.2. The number of aromatic nitrogens is 1. The summed E-state index contributed by atoms with van der Waals surface area (Å²) in [5.41, 5.74) is 4.19. The summed E-state index contributed by atoms with van der Waals surface area (Å²) in [7, 11) is 2.99. The maximum absolute atomic E-state index is 12.4. The first-order valence-corrected chi connectivity index (χ1v) is 8.51. The Bertz CT molecular complexity index is 1060. The molecule has 0 fully saturated rings. The lowest BCUT2D eigenvalue weighted by Crippen LogP contribution is -2.18. The third-order valence-electron chi connectivity index (χ3n) is 4.14. The van der Waals surface area contributed by atoms with E-state index in [1.54, 1.807) is 53.2 Å². The molecule has 0 atom stereocenters. The van der Waals surface area contributed by atoms with Crippen LogP contribution in [-0.2, 0) is 0 Å². The minimum atomic E-state index is -0.454. The van der Waals surface area contributed by atoms with Gasteiger partial charge in [0.25, 0.3) is 11.6 Å².